The van der Waals surface area contributed by atoms with Crippen LogP contribution < -0.4 is 10.1 Å². The van der Waals surface area contributed by atoms with Crippen LogP contribution in [0, 0.1) is 0 Å². The van der Waals surface area contributed by atoms with Crippen LogP contribution in [0.1, 0.15) is 25.7 Å². The minimum Gasteiger partial charge on any atom is -0.474 e. The van der Waals surface area contributed by atoms with Gasteiger partial charge in [0.05, 0.1) is 5.52 Å². The Bertz CT molecular complexity index is 1270. The molecule has 0 bridgehead atoms. The Morgan fingerprint density at radius 1 is 0.939 bits per heavy atom. The molecule has 33 heavy (non-hydrogen) atoms. The van der Waals surface area contributed by atoms with Crippen molar-refractivity contribution in [3.8, 4) is 17.0 Å². The van der Waals surface area contributed by atoms with E-state index < -0.39 is 0 Å². The quantitative estimate of drug-likeness (QED) is 0.498. The van der Waals surface area contributed by atoms with Gasteiger partial charge in [-0.15, -0.1) is 0 Å². The summed E-state index contributed by atoms with van der Waals surface area (Å²) in [5.74, 6) is 0.725. The maximum atomic E-state index is 6.18. The number of hydrogen-bond donors (Lipinski definition) is 1. The predicted octanol–water partition coefficient (Wildman–Crippen LogP) is 4.38. The molecule has 6 rings (SSSR count). The Balaban J connectivity index is 1.12. The molecule has 0 unspecified atom stereocenters. The normalized spacial score (nSPS) is 21.5. The van der Waals surface area contributed by atoms with Crippen LogP contribution in [-0.2, 0) is 7.05 Å². The number of hydrogen-bond acceptors (Lipinski definition) is 5. The second-order valence-electron chi connectivity index (χ2n) is 9.58. The molecule has 4 aromatic rings. The summed E-state index contributed by atoms with van der Waals surface area (Å²) in [7, 11) is 4.39. The molecule has 1 saturated carbocycles. The van der Waals surface area contributed by atoms with Crippen LogP contribution >= 0.6 is 0 Å². The van der Waals surface area contributed by atoms with Gasteiger partial charge < -0.3 is 19.5 Å². The number of aromatic nitrogens is 3. The lowest BCUT2D eigenvalue weighted by atomic mass is 9.86. The summed E-state index contributed by atoms with van der Waals surface area (Å²) in [6.45, 7) is 2.28. The number of piperidine rings is 1. The standard InChI is InChI=1S/C27H31N5O/c1-31(20-7-10-28-11-8-20)21-14-22(15-21)33-27-6-4-19(16-30-27)18-3-5-23-24-17-29-12-9-25(24)32(2)26(23)13-18/h3-6,9,12-13,16-17,20-22,28H,7-8,10-11,14-15H2,1-2H3. The molecule has 0 atom stereocenters. The number of aryl methyl sites for hydroxylation is 1. The molecule has 0 spiro atoms. The lowest BCUT2D eigenvalue weighted by Crippen LogP contribution is -2.53. The lowest BCUT2D eigenvalue weighted by Gasteiger charge is -2.45. The summed E-state index contributed by atoms with van der Waals surface area (Å²) in [6.07, 6.45) is 10.7. The molecule has 1 aliphatic heterocycles. The maximum Gasteiger partial charge on any atom is 0.213 e. The number of nitrogens with zero attached hydrogens (tertiary/aromatic N) is 4. The number of rotatable bonds is 5. The van der Waals surface area contributed by atoms with Crippen LogP contribution in [0.15, 0.2) is 55.0 Å². The molecule has 2 fully saturated rings. The van der Waals surface area contributed by atoms with E-state index in [4.69, 9.17) is 4.74 Å². The molecule has 6 nitrogen and oxygen atoms in total. The van der Waals surface area contributed by atoms with Gasteiger partial charge in [0, 0.05) is 78.5 Å². The molecule has 0 amide bonds. The first kappa shape index (κ1) is 20.6. The van der Waals surface area contributed by atoms with Gasteiger partial charge in [0.2, 0.25) is 5.88 Å². The highest BCUT2D eigenvalue weighted by Crippen LogP contribution is 2.33. The Kier molecular flexibility index (Phi) is 5.27. The van der Waals surface area contributed by atoms with E-state index in [-0.39, 0.29) is 6.10 Å². The monoisotopic (exact) mass is 441 g/mol. The third-order valence-corrected chi connectivity index (χ3v) is 7.70. The summed E-state index contributed by atoms with van der Waals surface area (Å²) in [5.41, 5.74) is 4.66. The topological polar surface area (TPSA) is 55.2 Å². The zero-order valence-corrected chi connectivity index (χ0v) is 19.4. The van der Waals surface area contributed by atoms with Crippen molar-refractivity contribution in [1.29, 1.82) is 0 Å². The Morgan fingerprint density at radius 3 is 2.55 bits per heavy atom. The van der Waals surface area contributed by atoms with Gasteiger partial charge in [-0.1, -0.05) is 12.1 Å². The fraction of sp³-hybridized carbons (Fsp3) is 0.407. The average molecular weight is 442 g/mol. The first-order valence-electron chi connectivity index (χ1n) is 12.1. The Labute approximate surface area is 194 Å². The van der Waals surface area contributed by atoms with E-state index in [1.165, 1.54) is 34.6 Å². The number of benzene rings is 1. The molecule has 1 aliphatic carbocycles. The van der Waals surface area contributed by atoms with Gasteiger partial charge in [0.25, 0.3) is 0 Å². The highest BCUT2D eigenvalue weighted by Gasteiger charge is 2.36. The highest BCUT2D eigenvalue weighted by atomic mass is 16.5. The molecule has 3 aromatic heterocycles. The molecule has 0 radical (unpaired) electrons. The third-order valence-electron chi connectivity index (χ3n) is 7.70. The van der Waals surface area contributed by atoms with Crippen LogP contribution in [0.25, 0.3) is 32.9 Å². The highest BCUT2D eigenvalue weighted by molar-refractivity contribution is 6.08. The fourth-order valence-electron chi connectivity index (χ4n) is 5.50. The van der Waals surface area contributed by atoms with E-state index in [0.29, 0.717) is 12.1 Å². The maximum absolute atomic E-state index is 6.18. The molecular weight excluding hydrogens is 410 g/mol. The molecule has 170 valence electrons. The molecule has 1 saturated heterocycles. The lowest BCUT2D eigenvalue weighted by molar-refractivity contribution is 0.00225. The van der Waals surface area contributed by atoms with E-state index in [1.807, 2.05) is 24.7 Å². The molecule has 1 N–H and O–H groups in total. The molecular formula is C27H31N5O. The molecule has 6 heteroatoms. The number of nitrogens with one attached hydrogen (secondary N) is 1. The van der Waals surface area contributed by atoms with Crippen molar-refractivity contribution in [2.24, 2.45) is 7.05 Å². The number of pyridine rings is 2. The first-order chi connectivity index (χ1) is 16.2. The van der Waals surface area contributed by atoms with E-state index in [9.17, 15) is 0 Å². The zero-order valence-electron chi connectivity index (χ0n) is 19.4. The van der Waals surface area contributed by atoms with Crippen molar-refractivity contribution in [3.63, 3.8) is 0 Å². The van der Waals surface area contributed by atoms with Gasteiger partial charge in [-0.2, -0.15) is 0 Å². The van der Waals surface area contributed by atoms with Crippen LogP contribution in [0.2, 0.25) is 0 Å². The predicted molar refractivity (Wildman–Crippen MR) is 133 cm³/mol. The van der Waals surface area contributed by atoms with E-state index in [1.54, 1.807) is 0 Å². The number of fused-ring (bicyclic) bond motifs is 3. The van der Waals surface area contributed by atoms with Crippen LogP contribution in [0.3, 0.4) is 0 Å². The minimum absolute atomic E-state index is 0.276. The van der Waals surface area contributed by atoms with Crippen LogP contribution in [0.5, 0.6) is 5.88 Å². The van der Waals surface area contributed by atoms with Gasteiger partial charge in [0.1, 0.15) is 6.10 Å². The van der Waals surface area contributed by atoms with Gasteiger partial charge in [-0.05, 0) is 56.7 Å². The Hall–Kier alpha value is -2.96. The van der Waals surface area contributed by atoms with Crippen molar-refractivity contribution in [1.82, 2.24) is 24.8 Å². The van der Waals surface area contributed by atoms with Crippen molar-refractivity contribution < 1.29 is 4.74 Å². The van der Waals surface area contributed by atoms with E-state index in [0.717, 1.165) is 42.9 Å². The average Bonchev–Trinajstić information content (AvgIpc) is 3.13. The van der Waals surface area contributed by atoms with Gasteiger partial charge in [-0.3, -0.25) is 4.98 Å². The summed E-state index contributed by atoms with van der Waals surface area (Å²) < 4.78 is 8.41. The van der Waals surface area contributed by atoms with Crippen molar-refractivity contribution in [3.05, 3.63) is 55.0 Å². The summed E-state index contributed by atoms with van der Waals surface area (Å²) in [6, 6.07) is 14.1. The van der Waals surface area contributed by atoms with Crippen molar-refractivity contribution >= 4 is 21.8 Å². The zero-order chi connectivity index (χ0) is 22.4. The number of ether oxygens (including phenoxy) is 1. The summed E-state index contributed by atoms with van der Waals surface area (Å²) >= 11 is 0. The van der Waals surface area contributed by atoms with Gasteiger partial charge in [-0.25, -0.2) is 4.98 Å². The van der Waals surface area contributed by atoms with E-state index in [2.05, 4.69) is 69.2 Å². The molecule has 4 heterocycles. The molecule has 1 aromatic carbocycles. The van der Waals surface area contributed by atoms with Crippen molar-refractivity contribution in [2.75, 3.05) is 20.1 Å². The van der Waals surface area contributed by atoms with Crippen LogP contribution in [-0.4, -0.2) is 57.8 Å². The van der Waals surface area contributed by atoms with Gasteiger partial charge in [0.15, 0.2) is 0 Å². The minimum atomic E-state index is 0.276. The largest absolute Gasteiger partial charge is 0.474 e. The summed E-state index contributed by atoms with van der Waals surface area (Å²) in [4.78, 5) is 11.5. The second kappa shape index (κ2) is 8.43. The van der Waals surface area contributed by atoms with Crippen molar-refractivity contribution in [2.45, 2.75) is 43.9 Å². The second-order valence-corrected chi connectivity index (χ2v) is 9.58. The third kappa shape index (κ3) is 3.77. The SMILES string of the molecule is CN(C1CCNCC1)C1CC(Oc2ccc(-c3ccc4c5cnccc5n(C)c4c3)cn2)C1. The Morgan fingerprint density at radius 2 is 1.76 bits per heavy atom. The first-order valence-corrected chi connectivity index (χ1v) is 12.1. The van der Waals surface area contributed by atoms with Crippen LogP contribution in [0.4, 0.5) is 0 Å². The van der Waals surface area contributed by atoms with E-state index >= 15 is 0 Å². The smallest absolute Gasteiger partial charge is 0.213 e. The van der Waals surface area contributed by atoms with Gasteiger partial charge >= 0.3 is 0 Å². The summed E-state index contributed by atoms with van der Waals surface area (Å²) in [5, 5.41) is 5.87. The fourth-order valence-corrected chi connectivity index (χ4v) is 5.50. The molecule has 2 aliphatic rings.